The average molecular weight is 473 g/mol. The Morgan fingerprint density at radius 1 is 0.939 bits per heavy atom. The second-order valence-electron chi connectivity index (χ2n) is 7.38. The number of nitrogens with one attached hydrogen (secondary N) is 1. The van der Waals surface area contributed by atoms with Crippen molar-refractivity contribution in [2.45, 2.75) is 17.1 Å². The molecule has 0 radical (unpaired) electrons. The van der Waals surface area contributed by atoms with Gasteiger partial charge < -0.3 is 10.7 Å². The predicted molar refractivity (Wildman–Crippen MR) is 116 cm³/mol. The molecule has 1 unspecified atom stereocenters. The molecule has 7 nitrogen and oxygen atoms in total. The third-order valence-corrected chi connectivity index (χ3v) is 6.21. The highest BCUT2D eigenvalue weighted by Gasteiger charge is 2.32. The Balaban J connectivity index is 1.77. The summed E-state index contributed by atoms with van der Waals surface area (Å²) >= 11 is 0. The second kappa shape index (κ2) is 8.41. The number of pyridine rings is 1. The van der Waals surface area contributed by atoms with Crippen molar-refractivity contribution in [3.8, 4) is 22.8 Å². The lowest BCUT2D eigenvalue weighted by Crippen LogP contribution is -2.15. The highest BCUT2D eigenvalue weighted by molar-refractivity contribution is 7.90. The van der Waals surface area contributed by atoms with Crippen LogP contribution in [0.2, 0.25) is 0 Å². The van der Waals surface area contributed by atoms with Crippen LogP contribution in [0.5, 0.6) is 0 Å². The summed E-state index contributed by atoms with van der Waals surface area (Å²) < 4.78 is 63.5. The molecule has 2 aromatic carbocycles. The van der Waals surface area contributed by atoms with Crippen LogP contribution in [0, 0.1) is 0 Å². The minimum atomic E-state index is -4.54. The first-order chi connectivity index (χ1) is 15.5. The maximum atomic E-state index is 13.4. The number of nitrogens with two attached hydrogens (primary N) is 1. The van der Waals surface area contributed by atoms with Gasteiger partial charge in [-0.2, -0.15) is 13.2 Å². The van der Waals surface area contributed by atoms with Crippen LogP contribution in [-0.2, 0) is 16.0 Å². The summed E-state index contributed by atoms with van der Waals surface area (Å²) in [4.78, 5) is 7.06. The van der Waals surface area contributed by atoms with Gasteiger partial charge >= 0.3 is 6.18 Å². The van der Waals surface area contributed by atoms with Crippen molar-refractivity contribution in [3.05, 3.63) is 83.7 Å². The van der Waals surface area contributed by atoms with Crippen LogP contribution in [0.3, 0.4) is 0 Å². The first-order valence-corrected chi connectivity index (χ1v) is 11.5. The van der Waals surface area contributed by atoms with Crippen molar-refractivity contribution in [2.24, 2.45) is 5.73 Å². The Morgan fingerprint density at radius 2 is 1.58 bits per heavy atom. The van der Waals surface area contributed by atoms with E-state index < -0.39 is 27.6 Å². The molecule has 0 amide bonds. The van der Waals surface area contributed by atoms with E-state index in [0.717, 1.165) is 18.4 Å². The van der Waals surface area contributed by atoms with Gasteiger partial charge in [-0.05, 0) is 59.7 Å². The molecule has 4 aromatic rings. The largest absolute Gasteiger partial charge is 0.416 e. The fourth-order valence-corrected chi connectivity index (χ4v) is 3.97. The van der Waals surface area contributed by atoms with Gasteiger partial charge in [-0.15, -0.1) is 10.2 Å². The average Bonchev–Trinajstić information content (AvgIpc) is 3.28. The van der Waals surface area contributed by atoms with Crippen molar-refractivity contribution in [1.29, 1.82) is 0 Å². The van der Waals surface area contributed by atoms with E-state index in [1.807, 2.05) is 0 Å². The lowest BCUT2D eigenvalue weighted by atomic mass is 9.93. The van der Waals surface area contributed by atoms with Crippen LogP contribution in [0.25, 0.3) is 22.8 Å². The molecule has 11 heteroatoms. The van der Waals surface area contributed by atoms with Crippen molar-refractivity contribution in [3.63, 3.8) is 0 Å². The van der Waals surface area contributed by atoms with Crippen molar-refractivity contribution in [2.75, 3.05) is 6.26 Å². The predicted octanol–water partition coefficient (Wildman–Crippen LogP) is 4.00. The van der Waals surface area contributed by atoms with E-state index in [2.05, 4.69) is 20.2 Å². The number of aromatic amines is 1. The molecule has 2 heterocycles. The molecule has 0 aliphatic heterocycles. The Kier molecular flexibility index (Phi) is 5.76. The van der Waals surface area contributed by atoms with Crippen LogP contribution in [-0.4, -0.2) is 34.8 Å². The van der Waals surface area contributed by atoms with Crippen molar-refractivity contribution in [1.82, 2.24) is 20.2 Å². The molecular formula is C22H18F3N5O2S. The van der Waals surface area contributed by atoms with E-state index in [4.69, 9.17) is 5.73 Å². The van der Waals surface area contributed by atoms with Gasteiger partial charge in [0.2, 0.25) is 0 Å². The first kappa shape index (κ1) is 22.6. The summed E-state index contributed by atoms with van der Waals surface area (Å²) in [5, 5.41) is 8.16. The molecule has 33 heavy (non-hydrogen) atoms. The zero-order chi connectivity index (χ0) is 23.8. The number of hydrogen-bond donors (Lipinski definition) is 2. The number of alkyl halides is 3. The van der Waals surface area contributed by atoms with E-state index in [1.165, 1.54) is 30.6 Å². The standard InChI is InChI=1S/C22H18F3N5O2S/c1-33(31,32)16-5-2-14(3-6-16)20-28-21(30-29-20)17-7-4-15(22(23,24)25)12-18(17)19(26)13-8-10-27-11-9-13/h2-12,19H,26H2,1H3,(H,28,29,30). The van der Waals surface area contributed by atoms with Crippen LogP contribution < -0.4 is 5.73 Å². The smallest absolute Gasteiger partial charge is 0.321 e. The molecule has 4 rings (SSSR count). The highest BCUT2D eigenvalue weighted by Crippen LogP contribution is 2.36. The van der Waals surface area contributed by atoms with Gasteiger partial charge in [-0.25, -0.2) is 8.42 Å². The number of H-pyrrole nitrogens is 1. The topological polar surface area (TPSA) is 115 Å². The van der Waals surface area contributed by atoms with Crippen LogP contribution >= 0.6 is 0 Å². The summed E-state index contributed by atoms with van der Waals surface area (Å²) in [5.41, 5.74) is 7.22. The van der Waals surface area contributed by atoms with E-state index in [1.54, 1.807) is 24.3 Å². The molecule has 0 spiro atoms. The summed E-state index contributed by atoms with van der Waals surface area (Å²) in [6, 6.07) is 11.7. The van der Waals surface area contributed by atoms with Crippen LogP contribution in [0.1, 0.15) is 22.7 Å². The number of sulfone groups is 1. The zero-order valence-electron chi connectivity index (χ0n) is 17.2. The van der Waals surface area contributed by atoms with Gasteiger partial charge in [0.05, 0.1) is 16.5 Å². The lowest BCUT2D eigenvalue weighted by molar-refractivity contribution is -0.137. The molecule has 0 saturated heterocycles. The van der Waals surface area contributed by atoms with E-state index in [-0.39, 0.29) is 16.3 Å². The quantitative estimate of drug-likeness (QED) is 0.453. The minimum absolute atomic E-state index is 0.152. The molecule has 0 bridgehead atoms. The number of aromatic nitrogens is 4. The summed E-state index contributed by atoms with van der Waals surface area (Å²) in [7, 11) is -3.35. The van der Waals surface area contributed by atoms with Crippen molar-refractivity contribution < 1.29 is 21.6 Å². The van der Waals surface area contributed by atoms with Crippen LogP contribution in [0.15, 0.2) is 71.9 Å². The number of benzene rings is 2. The Hall–Kier alpha value is -3.57. The molecule has 0 aliphatic rings. The summed E-state index contributed by atoms with van der Waals surface area (Å²) in [6.45, 7) is 0. The van der Waals surface area contributed by atoms with Gasteiger partial charge in [0.15, 0.2) is 21.5 Å². The van der Waals surface area contributed by atoms with Gasteiger partial charge in [-0.3, -0.25) is 4.98 Å². The molecule has 0 fully saturated rings. The lowest BCUT2D eigenvalue weighted by Gasteiger charge is -2.18. The normalized spacial score (nSPS) is 13.1. The summed E-state index contributed by atoms with van der Waals surface area (Å²) in [5.74, 6) is 0.554. The third-order valence-electron chi connectivity index (χ3n) is 5.08. The molecule has 3 N–H and O–H groups in total. The molecule has 1 atom stereocenters. The molecule has 2 aromatic heterocycles. The Morgan fingerprint density at radius 3 is 2.18 bits per heavy atom. The van der Waals surface area contributed by atoms with Gasteiger partial charge in [0.1, 0.15) is 0 Å². The second-order valence-corrected chi connectivity index (χ2v) is 9.39. The van der Waals surface area contributed by atoms with Crippen LogP contribution in [0.4, 0.5) is 13.2 Å². The van der Waals surface area contributed by atoms with E-state index >= 15 is 0 Å². The number of nitrogens with zero attached hydrogens (tertiary/aromatic N) is 3. The Labute approximate surface area is 187 Å². The maximum Gasteiger partial charge on any atom is 0.416 e. The fraction of sp³-hybridized carbons (Fsp3) is 0.136. The highest BCUT2D eigenvalue weighted by atomic mass is 32.2. The van der Waals surface area contributed by atoms with Gasteiger partial charge in [-0.1, -0.05) is 6.07 Å². The van der Waals surface area contributed by atoms with E-state index in [9.17, 15) is 21.6 Å². The monoisotopic (exact) mass is 473 g/mol. The van der Waals surface area contributed by atoms with Gasteiger partial charge in [0, 0.05) is 29.8 Å². The Bertz CT molecular complexity index is 1390. The summed E-state index contributed by atoms with van der Waals surface area (Å²) in [6.07, 6.45) is -0.420. The fourth-order valence-electron chi connectivity index (χ4n) is 3.34. The molecule has 0 saturated carbocycles. The molecule has 0 aliphatic carbocycles. The minimum Gasteiger partial charge on any atom is -0.321 e. The molecular weight excluding hydrogens is 455 g/mol. The van der Waals surface area contributed by atoms with Crippen molar-refractivity contribution >= 4 is 9.84 Å². The first-order valence-electron chi connectivity index (χ1n) is 9.64. The van der Waals surface area contributed by atoms with Gasteiger partial charge in [0.25, 0.3) is 0 Å². The number of halogens is 3. The SMILES string of the molecule is CS(=O)(=O)c1ccc(-c2nnc(-c3ccc(C(F)(F)F)cc3C(N)c3ccncc3)[nH]2)cc1. The van der Waals surface area contributed by atoms with E-state index in [0.29, 0.717) is 22.5 Å². The number of hydrogen-bond acceptors (Lipinski definition) is 6. The zero-order valence-corrected chi connectivity index (χ0v) is 18.0. The third kappa shape index (κ3) is 4.78. The molecule has 170 valence electrons. The number of rotatable bonds is 5. The maximum absolute atomic E-state index is 13.4.